The molecule has 2 atom stereocenters. The molecule has 0 amide bonds. The van der Waals surface area contributed by atoms with E-state index in [4.69, 9.17) is 0 Å². The average Bonchev–Trinajstić information content (AvgIpc) is 3.37. The van der Waals surface area contributed by atoms with Gasteiger partial charge in [0.05, 0.1) is 25.3 Å². The van der Waals surface area contributed by atoms with E-state index in [0.29, 0.717) is 12.6 Å². The summed E-state index contributed by atoms with van der Waals surface area (Å²) in [5.74, 6) is 0.880. The summed E-state index contributed by atoms with van der Waals surface area (Å²) in [5, 5.41) is 20.5. The third-order valence-corrected chi connectivity index (χ3v) is 4.92. The van der Waals surface area contributed by atoms with Gasteiger partial charge in [0, 0.05) is 25.3 Å². The molecule has 0 aliphatic carbocycles. The second-order valence-corrected chi connectivity index (χ2v) is 6.91. The van der Waals surface area contributed by atoms with Crippen LogP contribution in [-0.2, 0) is 13.1 Å². The molecule has 9 nitrogen and oxygen atoms in total. The van der Waals surface area contributed by atoms with Crippen molar-refractivity contribution in [3.8, 4) is 0 Å². The second-order valence-electron chi connectivity index (χ2n) is 6.91. The molecule has 1 fully saturated rings. The highest BCUT2D eigenvalue weighted by Crippen LogP contribution is 2.25. The molecule has 0 N–H and O–H groups in total. The molecule has 26 heavy (non-hydrogen) atoms. The van der Waals surface area contributed by atoms with Gasteiger partial charge in [0.1, 0.15) is 0 Å². The Kier molecular flexibility index (Phi) is 4.72. The molecule has 0 radical (unpaired) electrons. The van der Waals surface area contributed by atoms with Crippen molar-refractivity contribution in [2.24, 2.45) is 0 Å². The van der Waals surface area contributed by atoms with Gasteiger partial charge in [-0.15, -0.1) is 10.2 Å². The van der Waals surface area contributed by atoms with E-state index in [1.165, 1.54) is 5.56 Å². The number of tetrazole rings is 1. The third kappa shape index (κ3) is 3.49. The Morgan fingerprint density at radius 1 is 1.08 bits per heavy atom. The van der Waals surface area contributed by atoms with Crippen LogP contribution < -0.4 is 0 Å². The summed E-state index contributed by atoms with van der Waals surface area (Å²) >= 11 is 0. The average molecular weight is 353 g/mol. The van der Waals surface area contributed by atoms with Crippen LogP contribution in [0.5, 0.6) is 0 Å². The molecule has 0 unspecified atom stereocenters. The van der Waals surface area contributed by atoms with Gasteiger partial charge in [0.25, 0.3) is 0 Å². The highest BCUT2D eigenvalue weighted by atomic mass is 15.5. The van der Waals surface area contributed by atoms with E-state index < -0.39 is 0 Å². The van der Waals surface area contributed by atoms with Crippen LogP contribution >= 0.6 is 0 Å². The van der Waals surface area contributed by atoms with Gasteiger partial charge in [0.15, 0.2) is 5.82 Å². The largest absolute Gasteiger partial charge is 0.303 e. The smallest absolute Gasteiger partial charge is 0.165 e. The highest BCUT2D eigenvalue weighted by molar-refractivity contribution is 5.15. The molecule has 4 rings (SSSR count). The Morgan fingerprint density at radius 3 is 2.65 bits per heavy atom. The zero-order valence-corrected chi connectivity index (χ0v) is 15.0. The van der Waals surface area contributed by atoms with Gasteiger partial charge in [-0.2, -0.15) is 0 Å². The van der Waals surface area contributed by atoms with Crippen molar-refractivity contribution in [3.05, 3.63) is 54.1 Å². The van der Waals surface area contributed by atoms with Gasteiger partial charge in [-0.25, -0.2) is 9.36 Å². The topological polar surface area (TPSA) is 80.8 Å². The fourth-order valence-corrected chi connectivity index (χ4v) is 3.55. The van der Waals surface area contributed by atoms with Gasteiger partial charge >= 0.3 is 0 Å². The van der Waals surface area contributed by atoms with Crippen LogP contribution in [0.25, 0.3) is 0 Å². The molecule has 3 heterocycles. The van der Waals surface area contributed by atoms with Gasteiger partial charge in [-0.05, 0) is 30.1 Å². The molecule has 1 saturated heterocycles. The highest BCUT2D eigenvalue weighted by Gasteiger charge is 2.36. The first-order chi connectivity index (χ1) is 12.7. The number of likely N-dealkylation sites (tertiary alicyclic amines) is 1. The first kappa shape index (κ1) is 16.8. The van der Waals surface area contributed by atoms with Crippen LogP contribution in [0.2, 0.25) is 0 Å². The second kappa shape index (κ2) is 7.30. The monoisotopic (exact) mass is 353 g/mol. The summed E-state index contributed by atoms with van der Waals surface area (Å²) in [6.07, 6.45) is 3.67. The predicted molar refractivity (Wildman–Crippen MR) is 95.2 cm³/mol. The normalized spacial score (nSPS) is 20.9. The number of aromatic nitrogens is 7. The van der Waals surface area contributed by atoms with Crippen LogP contribution in [-0.4, -0.2) is 78.2 Å². The predicted octanol–water partition coefficient (Wildman–Crippen LogP) is 0.300. The van der Waals surface area contributed by atoms with E-state index in [0.717, 1.165) is 25.5 Å². The van der Waals surface area contributed by atoms with Crippen LogP contribution in [0, 0.1) is 0 Å². The van der Waals surface area contributed by atoms with Crippen molar-refractivity contribution in [1.82, 2.24) is 45.0 Å². The van der Waals surface area contributed by atoms with Crippen molar-refractivity contribution in [3.63, 3.8) is 0 Å². The fraction of sp³-hybridized carbons (Fsp3) is 0.471. The lowest BCUT2D eigenvalue weighted by molar-refractivity contribution is 0.236. The van der Waals surface area contributed by atoms with Gasteiger partial charge in [-0.3, -0.25) is 4.90 Å². The van der Waals surface area contributed by atoms with E-state index in [1.807, 2.05) is 33.8 Å². The number of rotatable bonds is 6. The van der Waals surface area contributed by atoms with Gasteiger partial charge < -0.3 is 4.90 Å². The molecule has 3 aromatic rings. The Labute approximate surface area is 152 Å². The zero-order valence-electron chi connectivity index (χ0n) is 15.0. The number of nitrogens with zero attached hydrogens (tertiary/aromatic N) is 9. The molecule has 136 valence electrons. The summed E-state index contributed by atoms with van der Waals surface area (Å²) in [6.45, 7) is 3.23. The first-order valence-electron chi connectivity index (χ1n) is 8.74. The van der Waals surface area contributed by atoms with Crippen molar-refractivity contribution in [2.75, 3.05) is 27.2 Å². The maximum Gasteiger partial charge on any atom is 0.165 e. The summed E-state index contributed by atoms with van der Waals surface area (Å²) in [5.41, 5.74) is 1.19. The van der Waals surface area contributed by atoms with Crippen LogP contribution in [0.3, 0.4) is 0 Å². The molecule has 1 aliphatic rings. The van der Waals surface area contributed by atoms with E-state index >= 15 is 0 Å². The minimum atomic E-state index is 0.269. The van der Waals surface area contributed by atoms with E-state index in [1.54, 1.807) is 6.20 Å². The van der Waals surface area contributed by atoms with Gasteiger partial charge in [0.2, 0.25) is 0 Å². The van der Waals surface area contributed by atoms with E-state index in [2.05, 4.69) is 61.9 Å². The van der Waals surface area contributed by atoms with E-state index in [9.17, 15) is 0 Å². The quantitative estimate of drug-likeness (QED) is 0.630. The zero-order chi connectivity index (χ0) is 17.9. The Bertz CT molecular complexity index is 812. The molecule has 0 bridgehead atoms. The van der Waals surface area contributed by atoms with Crippen molar-refractivity contribution < 1.29 is 0 Å². The summed E-state index contributed by atoms with van der Waals surface area (Å²) in [4.78, 5) is 4.63. The molecular formula is C17H23N9. The lowest BCUT2D eigenvalue weighted by atomic mass is 10.1. The van der Waals surface area contributed by atoms with Crippen molar-refractivity contribution in [2.45, 2.75) is 25.2 Å². The molecule has 1 aliphatic heterocycles. The Hall–Kier alpha value is -2.65. The fourth-order valence-electron chi connectivity index (χ4n) is 3.55. The molecular weight excluding hydrogens is 330 g/mol. The lowest BCUT2D eigenvalue weighted by Crippen LogP contribution is -2.36. The van der Waals surface area contributed by atoms with Crippen molar-refractivity contribution in [1.29, 1.82) is 0 Å². The molecule has 2 aromatic heterocycles. The van der Waals surface area contributed by atoms with Crippen LogP contribution in [0.4, 0.5) is 0 Å². The summed E-state index contributed by atoms with van der Waals surface area (Å²) < 4.78 is 3.83. The summed E-state index contributed by atoms with van der Waals surface area (Å²) in [7, 11) is 4.22. The van der Waals surface area contributed by atoms with Crippen molar-refractivity contribution >= 4 is 0 Å². The number of hydrogen-bond acceptors (Lipinski definition) is 7. The SMILES string of the molecule is CN(C)[C@@H]1CN(Cc2nnnn2Cc2ccccc2)C[C@@H]1n1ccnn1. The van der Waals surface area contributed by atoms with Gasteiger partial charge in [-0.1, -0.05) is 35.5 Å². The van der Waals surface area contributed by atoms with Crippen LogP contribution in [0.15, 0.2) is 42.7 Å². The Morgan fingerprint density at radius 2 is 1.92 bits per heavy atom. The number of likely N-dealkylation sites (N-methyl/N-ethyl adjacent to an activating group) is 1. The third-order valence-electron chi connectivity index (χ3n) is 4.92. The standard InChI is InChI=1S/C17H23N9/c1-23(2)15-11-24(12-16(15)25-9-8-18-21-25)13-17-19-20-22-26(17)10-14-6-4-3-5-7-14/h3-9,15-16H,10-13H2,1-2H3/t15-,16+/m1/s1. The lowest BCUT2D eigenvalue weighted by Gasteiger charge is -2.24. The minimum absolute atomic E-state index is 0.269. The molecule has 1 aromatic carbocycles. The number of hydrogen-bond donors (Lipinski definition) is 0. The maximum atomic E-state index is 4.25. The minimum Gasteiger partial charge on any atom is -0.303 e. The number of benzene rings is 1. The molecule has 0 saturated carbocycles. The Balaban J connectivity index is 1.47. The molecule has 9 heteroatoms. The molecule has 0 spiro atoms. The van der Waals surface area contributed by atoms with E-state index in [-0.39, 0.29) is 6.04 Å². The summed E-state index contributed by atoms with van der Waals surface area (Å²) in [6, 6.07) is 10.9. The maximum absolute atomic E-state index is 4.25. The van der Waals surface area contributed by atoms with Crippen LogP contribution in [0.1, 0.15) is 17.4 Å². The first-order valence-corrected chi connectivity index (χ1v) is 8.74.